The van der Waals surface area contributed by atoms with Crippen molar-refractivity contribution in [3.05, 3.63) is 59.8 Å². The van der Waals surface area contributed by atoms with Crippen molar-refractivity contribution in [3.63, 3.8) is 0 Å². The topological polar surface area (TPSA) is 67.2 Å². The third-order valence-corrected chi connectivity index (χ3v) is 5.23. The Balaban J connectivity index is 1.36. The second-order valence-corrected chi connectivity index (χ2v) is 7.20. The normalized spacial score (nSPS) is 18.8. The van der Waals surface area contributed by atoms with Gasteiger partial charge in [0.25, 0.3) is 5.91 Å². The van der Waals surface area contributed by atoms with Gasteiger partial charge < -0.3 is 9.80 Å². The molecular formula is C20H19FN6O. The van der Waals surface area contributed by atoms with Crippen LogP contribution in [0.2, 0.25) is 0 Å². The standard InChI is InChI=1S/C20H19FN6O/c1-13-2-3-16(8-22-13)26-10-14-11-27(24-19(14)20(26)28)17-4-5-18(23-9-17)25-7-6-15(21)12-25/h2-5,8-9,11,15H,6-7,10,12H2,1H3/t15-/m0/s1. The largest absolute Gasteiger partial charge is 0.354 e. The summed E-state index contributed by atoms with van der Waals surface area (Å²) >= 11 is 0. The van der Waals surface area contributed by atoms with E-state index < -0.39 is 6.17 Å². The van der Waals surface area contributed by atoms with Gasteiger partial charge in [0.05, 0.1) is 36.9 Å². The molecule has 1 amide bonds. The molecule has 0 aromatic carbocycles. The zero-order valence-corrected chi connectivity index (χ0v) is 15.4. The first-order valence-corrected chi connectivity index (χ1v) is 9.27. The summed E-state index contributed by atoms with van der Waals surface area (Å²) in [7, 11) is 0. The van der Waals surface area contributed by atoms with Crippen LogP contribution in [0, 0.1) is 6.92 Å². The fourth-order valence-electron chi connectivity index (χ4n) is 3.66. The van der Waals surface area contributed by atoms with E-state index >= 15 is 0 Å². The maximum absolute atomic E-state index is 13.4. The van der Waals surface area contributed by atoms with Crippen LogP contribution < -0.4 is 9.80 Å². The molecule has 0 radical (unpaired) electrons. The summed E-state index contributed by atoms with van der Waals surface area (Å²) in [4.78, 5) is 25.1. The van der Waals surface area contributed by atoms with Gasteiger partial charge in [0.1, 0.15) is 12.0 Å². The van der Waals surface area contributed by atoms with E-state index in [9.17, 15) is 9.18 Å². The lowest BCUT2D eigenvalue weighted by Crippen LogP contribution is -2.24. The van der Waals surface area contributed by atoms with Crippen molar-refractivity contribution in [1.82, 2.24) is 19.7 Å². The molecule has 1 saturated heterocycles. The highest BCUT2D eigenvalue weighted by atomic mass is 19.1. The van der Waals surface area contributed by atoms with Gasteiger partial charge in [-0.3, -0.25) is 9.78 Å². The van der Waals surface area contributed by atoms with Gasteiger partial charge in [-0.1, -0.05) is 0 Å². The predicted octanol–water partition coefficient (Wildman–Crippen LogP) is 2.68. The van der Waals surface area contributed by atoms with Gasteiger partial charge in [0, 0.05) is 24.0 Å². The molecule has 0 spiro atoms. The summed E-state index contributed by atoms with van der Waals surface area (Å²) in [6.07, 6.45) is 5.03. The van der Waals surface area contributed by atoms with Crippen LogP contribution in [0.15, 0.2) is 42.9 Å². The van der Waals surface area contributed by atoms with E-state index in [-0.39, 0.29) is 5.91 Å². The highest BCUT2D eigenvalue weighted by Crippen LogP contribution is 2.28. The Labute approximate surface area is 161 Å². The number of carbonyl (C=O) groups excluding carboxylic acids is 1. The molecular weight excluding hydrogens is 359 g/mol. The maximum Gasteiger partial charge on any atom is 0.279 e. The number of halogens is 1. The minimum absolute atomic E-state index is 0.130. The van der Waals surface area contributed by atoms with Crippen LogP contribution in [0.1, 0.15) is 28.2 Å². The number of aryl methyl sites for hydroxylation is 1. The summed E-state index contributed by atoms with van der Waals surface area (Å²) in [6.45, 7) is 3.45. The van der Waals surface area contributed by atoms with Crippen molar-refractivity contribution in [2.75, 3.05) is 22.9 Å². The van der Waals surface area contributed by atoms with Crippen molar-refractivity contribution >= 4 is 17.4 Å². The molecule has 3 aromatic rings. The number of nitrogens with zero attached hydrogens (tertiary/aromatic N) is 6. The van der Waals surface area contributed by atoms with E-state index in [0.717, 1.165) is 28.5 Å². The Morgan fingerprint density at radius 3 is 2.57 bits per heavy atom. The molecule has 28 heavy (non-hydrogen) atoms. The molecule has 0 bridgehead atoms. The second-order valence-electron chi connectivity index (χ2n) is 7.20. The summed E-state index contributed by atoms with van der Waals surface area (Å²) in [5.41, 5.74) is 3.76. The lowest BCUT2D eigenvalue weighted by molar-refractivity contribution is 0.0991. The van der Waals surface area contributed by atoms with Crippen LogP contribution in [0.4, 0.5) is 15.9 Å². The van der Waals surface area contributed by atoms with Crippen LogP contribution >= 0.6 is 0 Å². The van der Waals surface area contributed by atoms with Crippen molar-refractivity contribution in [2.45, 2.75) is 26.1 Å². The van der Waals surface area contributed by atoms with E-state index in [1.165, 1.54) is 0 Å². The number of hydrogen-bond donors (Lipinski definition) is 0. The Bertz CT molecular complexity index is 1030. The van der Waals surface area contributed by atoms with Gasteiger partial charge in [-0.15, -0.1) is 0 Å². The molecule has 0 aliphatic carbocycles. The highest BCUT2D eigenvalue weighted by molar-refractivity contribution is 6.08. The van der Waals surface area contributed by atoms with Crippen LogP contribution in [0.5, 0.6) is 0 Å². The van der Waals surface area contributed by atoms with Crippen LogP contribution in [-0.2, 0) is 6.54 Å². The molecule has 5 rings (SSSR count). The van der Waals surface area contributed by atoms with Gasteiger partial charge in [-0.25, -0.2) is 14.1 Å². The van der Waals surface area contributed by atoms with Gasteiger partial charge >= 0.3 is 0 Å². The Morgan fingerprint density at radius 2 is 1.93 bits per heavy atom. The SMILES string of the molecule is Cc1ccc(N2Cc3cn(-c4ccc(N5CC[C@H](F)C5)nc4)nc3C2=O)cn1. The third kappa shape index (κ3) is 2.81. The van der Waals surface area contributed by atoms with E-state index in [4.69, 9.17) is 0 Å². The zero-order valence-electron chi connectivity index (χ0n) is 15.4. The van der Waals surface area contributed by atoms with Crippen molar-refractivity contribution in [3.8, 4) is 5.69 Å². The first-order valence-electron chi connectivity index (χ1n) is 9.27. The zero-order chi connectivity index (χ0) is 19.3. The first-order chi connectivity index (χ1) is 13.6. The third-order valence-electron chi connectivity index (χ3n) is 5.23. The van der Waals surface area contributed by atoms with Crippen LogP contribution in [-0.4, -0.2) is 44.9 Å². The molecule has 8 heteroatoms. The predicted molar refractivity (Wildman–Crippen MR) is 103 cm³/mol. The summed E-state index contributed by atoms with van der Waals surface area (Å²) in [5.74, 6) is 0.632. The van der Waals surface area contributed by atoms with Crippen LogP contribution in [0.25, 0.3) is 5.69 Å². The van der Waals surface area contributed by atoms with Crippen molar-refractivity contribution in [2.24, 2.45) is 0 Å². The van der Waals surface area contributed by atoms with Crippen LogP contribution in [0.3, 0.4) is 0 Å². The summed E-state index contributed by atoms with van der Waals surface area (Å²) in [6, 6.07) is 7.54. The number of carbonyl (C=O) groups is 1. The Hall–Kier alpha value is -3.29. The first kappa shape index (κ1) is 16.9. The Kier molecular flexibility index (Phi) is 3.85. The number of rotatable bonds is 3. The minimum Gasteiger partial charge on any atom is -0.354 e. The maximum atomic E-state index is 13.4. The molecule has 2 aliphatic rings. The average Bonchev–Trinajstić information content (AvgIpc) is 3.39. The number of hydrogen-bond acceptors (Lipinski definition) is 5. The van der Waals surface area contributed by atoms with E-state index in [1.807, 2.05) is 42.3 Å². The molecule has 0 saturated carbocycles. The van der Waals surface area contributed by atoms with Crippen molar-refractivity contribution < 1.29 is 9.18 Å². The monoisotopic (exact) mass is 378 g/mol. The molecule has 5 heterocycles. The number of aromatic nitrogens is 4. The lowest BCUT2D eigenvalue weighted by Gasteiger charge is -2.17. The van der Waals surface area contributed by atoms with E-state index in [2.05, 4.69) is 15.1 Å². The smallest absolute Gasteiger partial charge is 0.279 e. The quantitative estimate of drug-likeness (QED) is 0.701. The minimum atomic E-state index is -0.784. The number of anilines is 2. The molecule has 1 fully saturated rings. The fourth-order valence-corrected chi connectivity index (χ4v) is 3.66. The summed E-state index contributed by atoms with van der Waals surface area (Å²) in [5, 5.41) is 4.47. The van der Waals surface area contributed by atoms with Gasteiger partial charge in [-0.2, -0.15) is 5.10 Å². The second kappa shape index (κ2) is 6.40. The van der Waals surface area contributed by atoms with E-state index in [1.54, 1.807) is 22.0 Å². The molecule has 0 N–H and O–H groups in total. The number of pyridine rings is 2. The molecule has 0 unspecified atom stereocenters. The molecule has 3 aromatic heterocycles. The molecule has 142 valence electrons. The lowest BCUT2D eigenvalue weighted by atomic mass is 10.3. The molecule has 2 aliphatic heterocycles. The highest BCUT2D eigenvalue weighted by Gasteiger charge is 2.32. The molecule has 1 atom stereocenters. The number of amides is 1. The number of fused-ring (bicyclic) bond motifs is 1. The van der Waals surface area contributed by atoms with Crippen molar-refractivity contribution in [1.29, 1.82) is 0 Å². The van der Waals surface area contributed by atoms with Gasteiger partial charge in [0.2, 0.25) is 0 Å². The Morgan fingerprint density at radius 1 is 1.11 bits per heavy atom. The average molecular weight is 378 g/mol. The molecule has 7 nitrogen and oxygen atoms in total. The van der Waals surface area contributed by atoms with Gasteiger partial charge in [0.15, 0.2) is 5.69 Å². The summed E-state index contributed by atoms with van der Waals surface area (Å²) < 4.78 is 15.1. The van der Waals surface area contributed by atoms with Gasteiger partial charge in [-0.05, 0) is 37.6 Å². The number of alkyl halides is 1. The van der Waals surface area contributed by atoms with E-state index in [0.29, 0.717) is 31.7 Å². The fraction of sp³-hybridized carbons (Fsp3) is 0.300.